The molecular formula is C19H18Cl2N2O4. The largest absolute Gasteiger partial charge is 0.492 e. The molecular weight excluding hydrogens is 391 g/mol. The van der Waals surface area contributed by atoms with Crippen molar-refractivity contribution in [2.75, 3.05) is 25.1 Å². The Labute approximate surface area is 166 Å². The number of carbonyl (C=O) groups excluding carboxylic acids is 2. The number of halogens is 2. The van der Waals surface area contributed by atoms with Crippen molar-refractivity contribution in [3.63, 3.8) is 0 Å². The molecule has 0 aliphatic carbocycles. The van der Waals surface area contributed by atoms with Crippen molar-refractivity contribution in [1.29, 1.82) is 0 Å². The zero-order chi connectivity index (χ0) is 19.2. The molecule has 142 valence electrons. The molecule has 0 saturated carbocycles. The smallest absolute Gasteiger partial charge is 0.258 e. The van der Waals surface area contributed by atoms with E-state index in [1.54, 1.807) is 24.3 Å². The number of rotatable bonds is 7. The van der Waals surface area contributed by atoms with Crippen molar-refractivity contribution in [3.8, 4) is 11.5 Å². The zero-order valence-corrected chi connectivity index (χ0v) is 15.9. The summed E-state index contributed by atoms with van der Waals surface area (Å²) >= 11 is 11.8. The van der Waals surface area contributed by atoms with E-state index >= 15 is 0 Å². The molecule has 0 radical (unpaired) electrons. The third kappa shape index (κ3) is 5.52. The minimum Gasteiger partial charge on any atom is -0.492 e. The molecule has 0 spiro atoms. The van der Waals surface area contributed by atoms with E-state index in [2.05, 4.69) is 10.6 Å². The van der Waals surface area contributed by atoms with Crippen LogP contribution in [0.15, 0.2) is 36.4 Å². The van der Waals surface area contributed by atoms with E-state index in [-0.39, 0.29) is 18.4 Å². The Balaban J connectivity index is 1.39. The van der Waals surface area contributed by atoms with Crippen LogP contribution in [0.4, 0.5) is 5.69 Å². The van der Waals surface area contributed by atoms with Gasteiger partial charge < -0.3 is 20.1 Å². The Morgan fingerprint density at radius 1 is 1.11 bits per heavy atom. The Hall–Kier alpha value is -2.44. The number of carbonyl (C=O) groups is 2. The van der Waals surface area contributed by atoms with Crippen LogP contribution in [0.25, 0.3) is 0 Å². The summed E-state index contributed by atoms with van der Waals surface area (Å²) in [6.07, 6.45) is 1.17. The molecule has 0 atom stereocenters. The van der Waals surface area contributed by atoms with Gasteiger partial charge in [0.25, 0.3) is 5.91 Å². The standard InChI is InChI=1S/C19H18Cl2N2O4/c20-13-2-4-15(21)17(10-13)27-11-19(25)22-7-8-26-14-3-5-16-12(9-14)1-6-18(24)23-16/h2-5,9-10H,1,6-8,11H2,(H,22,25)(H,23,24). The summed E-state index contributed by atoms with van der Waals surface area (Å²) in [6.45, 7) is 0.479. The Bertz CT molecular complexity index is 858. The molecule has 0 unspecified atom stereocenters. The van der Waals surface area contributed by atoms with Crippen molar-refractivity contribution in [2.45, 2.75) is 12.8 Å². The normalized spacial score (nSPS) is 12.7. The number of hydrogen-bond acceptors (Lipinski definition) is 4. The highest BCUT2D eigenvalue weighted by atomic mass is 35.5. The van der Waals surface area contributed by atoms with Crippen molar-refractivity contribution >= 4 is 40.7 Å². The lowest BCUT2D eigenvalue weighted by molar-refractivity contribution is -0.123. The molecule has 0 fully saturated rings. The fourth-order valence-electron chi connectivity index (χ4n) is 2.59. The minimum atomic E-state index is -0.289. The van der Waals surface area contributed by atoms with Crippen LogP contribution in [-0.2, 0) is 16.0 Å². The predicted molar refractivity (Wildman–Crippen MR) is 104 cm³/mol. The first-order valence-electron chi connectivity index (χ1n) is 8.41. The number of benzene rings is 2. The van der Waals surface area contributed by atoms with Gasteiger partial charge in [-0.2, -0.15) is 0 Å². The average Bonchev–Trinajstić information content (AvgIpc) is 2.66. The van der Waals surface area contributed by atoms with Gasteiger partial charge in [-0.15, -0.1) is 0 Å². The van der Waals surface area contributed by atoms with E-state index < -0.39 is 0 Å². The van der Waals surface area contributed by atoms with Gasteiger partial charge >= 0.3 is 0 Å². The topological polar surface area (TPSA) is 76.7 Å². The maximum atomic E-state index is 11.8. The number of amides is 2. The van der Waals surface area contributed by atoms with Gasteiger partial charge in [-0.3, -0.25) is 9.59 Å². The number of fused-ring (bicyclic) bond motifs is 1. The van der Waals surface area contributed by atoms with Gasteiger partial charge in [0.15, 0.2) is 6.61 Å². The van der Waals surface area contributed by atoms with E-state index in [0.717, 1.165) is 11.3 Å². The molecule has 2 aromatic carbocycles. The minimum absolute atomic E-state index is 0.0279. The Morgan fingerprint density at radius 2 is 1.96 bits per heavy atom. The summed E-state index contributed by atoms with van der Waals surface area (Å²) in [5.74, 6) is 0.792. The molecule has 0 bridgehead atoms. The van der Waals surface area contributed by atoms with Crippen LogP contribution in [0.2, 0.25) is 10.0 Å². The first-order chi connectivity index (χ1) is 13.0. The SMILES string of the molecule is O=C(COc1cc(Cl)ccc1Cl)NCCOc1ccc2c(c1)CCC(=O)N2. The van der Waals surface area contributed by atoms with Crippen LogP contribution >= 0.6 is 23.2 Å². The molecule has 0 saturated heterocycles. The van der Waals surface area contributed by atoms with Gasteiger partial charge in [0.1, 0.15) is 18.1 Å². The highest BCUT2D eigenvalue weighted by Crippen LogP contribution is 2.28. The summed E-state index contributed by atoms with van der Waals surface area (Å²) in [6, 6.07) is 10.3. The lowest BCUT2D eigenvalue weighted by Crippen LogP contribution is -2.32. The van der Waals surface area contributed by atoms with Crippen LogP contribution in [-0.4, -0.2) is 31.6 Å². The molecule has 1 aliphatic heterocycles. The van der Waals surface area contributed by atoms with Crippen LogP contribution in [0.3, 0.4) is 0 Å². The summed E-state index contributed by atoms with van der Waals surface area (Å²) in [7, 11) is 0. The van der Waals surface area contributed by atoms with Gasteiger partial charge in [-0.25, -0.2) is 0 Å². The number of hydrogen-bond donors (Lipinski definition) is 2. The highest BCUT2D eigenvalue weighted by Gasteiger charge is 2.15. The molecule has 1 heterocycles. The van der Waals surface area contributed by atoms with Crippen molar-refractivity contribution in [3.05, 3.63) is 52.0 Å². The lowest BCUT2D eigenvalue weighted by Gasteiger charge is -2.17. The molecule has 3 rings (SSSR count). The van der Waals surface area contributed by atoms with Crippen LogP contribution in [0.5, 0.6) is 11.5 Å². The van der Waals surface area contributed by atoms with Crippen LogP contribution in [0, 0.1) is 0 Å². The summed E-state index contributed by atoms with van der Waals surface area (Å²) in [4.78, 5) is 23.2. The van der Waals surface area contributed by atoms with Crippen molar-refractivity contribution in [2.24, 2.45) is 0 Å². The van der Waals surface area contributed by atoms with Gasteiger partial charge in [-0.05, 0) is 42.3 Å². The van der Waals surface area contributed by atoms with E-state index in [1.807, 2.05) is 12.1 Å². The van der Waals surface area contributed by atoms with Crippen molar-refractivity contribution in [1.82, 2.24) is 5.32 Å². The van der Waals surface area contributed by atoms with Crippen LogP contribution in [0.1, 0.15) is 12.0 Å². The predicted octanol–water partition coefficient (Wildman–Crippen LogP) is 3.45. The monoisotopic (exact) mass is 408 g/mol. The molecule has 6 nitrogen and oxygen atoms in total. The number of nitrogens with one attached hydrogen (secondary N) is 2. The zero-order valence-electron chi connectivity index (χ0n) is 14.4. The van der Waals surface area contributed by atoms with E-state index in [0.29, 0.717) is 47.5 Å². The Kier molecular flexibility index (Phi) is 6.42. The third-order valence-electron chi connectivity index (χ3n) is 3.92. The number of anilines is 1. The number of ether oxygens (including phenoxy) is 2. The molecule has 1 aliphatic rings. The van der Waals surface area contributed by atoms with E-state index in [9.17, 15) is 9.59 Å². The van der Waals surface area contributed by atoms with Gasteiger partial charge in [0.05, 0.1) is 11.6 Å². The Morgan fingerprint density at radius 3 is 2.81 bits per heavy atom. The first-order valence-corrected chi connectivity index (χ1v) is 9.17. The molecule has 27 heavy (non-hydrogen) atoms. The molecule has 0 aromatic heterocycles. The van der Waals surface area contributed by atoms with Gasteiger partial charge in [-0.1, -0.05) is 23.2 Å². The summed E-state index contributed by atoms with van der Waals surface area (Å²) < 4.78 is 11.0. The maximum absolute atomic E-state index is 11.8. The molecule has 8 heteroatoms. The van der Waals surface area contributed by atoms with Gasteiger partial charge in [0, 0.05) is 23.2 Å². The molecule has 2 amide bonds. The highest BCUT2D eigenvalue weighted by molar-refractivity contribution is 6.34. The average molecular weight is 409 g/mol. The van der Waals surface area contributed by atoms with E-state index in [1.165, 1.54) is 0 Å². The second-order valence-electron chi connectivity index (χ2n) is 5.93. The summed E-state index contributed by atoms with van der Waals surface area (Å²) in [5, 5.41) is 6.39. The summed E-state index contributed by atoms with van der Waals surface area (Å²) in [5.41, 5.74) is 1.87. The quantitative estimate of drug-likeness (QED) is 0.687. The fourth-order valence-corrected chi connectivity index (χ4v) is 2.93. The van der Waals surface area contributed by atoms with Crippen molar-refractivity contribution < 1.29 is 19.1 Å². The second kappa shape index (κ2) is 8.97. The lowest BCUT2D eigenvalue weighted by atomic mass is 10.0. The van der Waals surface area contributed by atoms with E-state index in [4.69, 9.17) is 32.7 Å². The first kappa shape index (κ1) is 19.3. The van der Waals surface area contributed by atoms with Crippen LogP contribution < -0.4 is 20.1 Å². The molecule has 2 N–H and O–H groups in total. The maximum Gasteiger partial charge on any atom is 0.258 e. The fraction of sp³-hybridized carbons (Fsp3) is 0.263. The number of aryl methyl sites for hydroxylation is 1. The van der Waals surface area contributed by atoms with Gasteiger partial charge in [0.2, 0.25) is 5.91 Å². The molecule has 2 aromatic rings. The third-order valence-corrected chi connectivity index (χ3v) is 4.46. The second-order valence-corrected chi connectivity index (χ2v) is 6.77.